The Hall–Kier alpha value is -6.24. The number of carbonyl (C=O) groups is 4. The van der Waals surface area contributed by atoms with Crippen molar-refractivity contribution in [3.63, 3.8) is 0 Å². The van der Waals surface area contributed by atoms with Crippen LogP contribution in [0.1, 0.15) is 55.1 Å². The van der Waals surface area contributed by atoms with Gasteiger partial charge in [0.1, 0.15) is 0 Å². The van der Waals surface area contributed by atoms with E-state index in [-0.39, 0.29) is 24.2 Å². The molecule has 12 nitrogen and oxygen atoms in total. The van der Waals surface area contributed by atoms with Crippen molar-refractivity contribution in [3.05, 3.63) is 143 Å². The summed E-state index contributed by atoms with van der Waals surface area (Å²) in [5.41, 5.74) is 18.8. The van der Waals surface area contributed by atoms with E-state index in [4.69, 9.17) is 0 Å². The summed E-state index contributed by atoms with van der Waals surface area (Å²) in [7, 11) is 0. The molecule has 0 spiro atoms. The van der Waals surface area contributed by atoms with Crippen LogP contribution in [0.3, 0.4) is 0 Å². The topological polar surface area (TPSA) is 173 Å². The second-order valence-corrected chi connectivity index (χ2v) is 10.9. The summed E-state index contributed by atoms with van der Waals surface area (Å²) >= 11 is 0. The van der Waals surface area contributed by atoms with Crippen LogP contribution >= 0.6 is 0 Å². The zero-order chi connectivity index (χ0) is 32.9. The van der Waals surface area contributed by atoms with Crippen molar-refractivity contribution in [2.45, 2.75) is 12.1 Å². The first kappa shape index (κ1) is 30.8. The van der Waals surface area contributed by atoms with E-state index in [1.807, 2.05) is 48.5 Å². The summed E-state index contributed by atoms with van der Waals surface area (Å²) in [4.78, 5) is 49.8. The highest BCUT2D eigenvalue weighted by atomic mass is 16.4. The van der Waals surface area contributed by atoms with Gasteiger partial charge in [-0.25, -0.2) is 15.6 Å². The van der Waals surface area contributed by atoms with Gasteiger partial charge in [0.25, 0.3) is 5.91 Å². The fourth-order valence-corrected chi connectivity index (χ4v) is 5.54. The molecule has 0 radical (unpaired) electrons. The van der Waals surface area contributed by atoms with Crippen LogP contribution in [0.2, 0.25) is 0 Å². The molecule has 2 aliphatic rings. The molecule has 4 aromatic rings. The van der Waals surface area contributed by atoms with Crippen LogP contribution in [0.4, 0.5) is 22.7 Å². The number of hydrogen-bond donors (Lipinski definition) is 8. The average Bonchev–Trinajstić information content (AvgIpc) is 3.71. The zero-order valence-electron chi connectivity index (χ0n) is 25.0. The predicted molar refractivity (Wildman–Crippen MR) is 179 cm³/mol. The minimum absolute atomic E-state index is 0.0261. The third kappa shape index (κ3) is 6.88. The quantitative estimate of drug-likeness (QED) is 0.118. The Morgan fingerprint density at radius 3 is 1.83 bits per heavy atom. The fourth-order valence-electron chi connectivity index (χ4n) is 5.54. The number of hydrogen-bond acceptors (Lipinski definition) is 8. The van der Waals surface area contributed by atoms with E-state index in [9.17, 15) is 24.3 Å². The maximum absolute atomic E-state index is 13.2. The van der Waals surface area contributed by atoms with Gasteiger partial charge in [0.2, 0.25) is 11.8 Å². The lowest BCUT2D eigenvalue weighted by Crippen LogP contribution is -2.25. The Morgan fingerprint density at radius 2 is 1.26 bits per heavy atom. The molecule has 3 amide bonds. The number of rotatable bonds is 10. The SMILES string of the molecule is C=CC(=O)Nc1cc(C(=O)NC/C=C/C(=O)Nc2cc(C(=O)O)cc(C3NNc4ccccc43)c2)cc(C2NNc3ccccc32)c1. The highest BCUT2D eigenvalue weighted by molar-refractivity contribution is 6.02. The minimum Gasteiger partial charge on any atom is -0.478 e. The average molecular weight is 630 g/mol. The number of anilines is 4. The van der Waals surface area contributed by atoms with Gasteiger partial charge in [-0.1, -0.05) is 49.1 Å². The van der Waals surface area contributed by atoms with Gasteiger partial charge in [0.05, 0.1) is 29.0 Å². The number of para-hydroxylation sites is 2. The Labute approximate surface area is 269 Å². The van der Waals surface area contributed by atoms with Crippen LogP contribution in [0.5, 0.6) is 0 Å². The van der Waals surface area contributed by atoms with Crippen molar-refractivity contribution in [1.82, 2.24) is 16.2 Å². The van der Waals surface area contributed by atoms with Crippen LogP contribution in [0.25, 0.3) is 0 Å². The molecular weight excluding hydrogens is 598 g/mol. The lowest BCUT2D eigenvalue weighted by molar-refractivity contribution is -0.112. The second-order valence-electron chi connectivity index (χ2n) is 10.9. The number of fused-ring (bicyclic) bond motifs is 2. The normalized spacial score (nSPS) is 15.9. The van der Waals surface area contributed by atoms with Gasteiger partial charge in [-0.3, -0.25) is 14.4 Å². The third-order valence-electron chi connectivity index (χ3n) is 7.70. The molecule has 12 heteroatoms. The Balaban J connectivity index is 1.13. The van der Waals surface area contributed by atoms with Crippen LogP contribution in [-0.4, -0.2) is 35.3 Å². The van der Waals surface area contributed by atoms with E-state index >= 15 is 0 Å². The van der Waals surface area contributed by atoms with Gasteiger partial charge in [0, 0.05) is 29.6 Å². The summed E-state index contributed by atoms with van der Waals surface area (Å²) in [6.07, 6.45) is 3.89. The number of nitrogens with one attached hydrogen (secondary N) is 7. The molecule has 0 saturated carbocycles. The number of hydrazine groups is 2. The summed E-state index contributed by atoms with van der Waals surface area (Å²) in [6, 6.07) is 24.5. The van der Waals surface area contributed by atoms with E-state index < -0.39 is 23.7 Å². The molecule has 0 aliphatic carbocycles. The van der Waals surface area contributed by atoms with Crippen molar-refractivity contribution in [3.8, 4) is 0 Å². The summed E-state index contributed by atoms with van der Waals surface area (Å²) in [5.74, 6) is -2.45. The molecule has 6 rings (SSSR count). The molecule has 2 heterocycles. The molecule has 0 fully saturated rings. The zero-order valence-corrected chi connectivity index (χ0v) is 25.0. The van der Waals surface area contributed by atoms with Crippen molar-refractivity contribution in [2.24, 2.45) is 0 Å². The molecule has 0 saturated heterocycles. The highest BCUT2D eigenvalue weighted by Gasteiger charge is 2.26. The first-order valence-electron chi connectivity index (χ1n) is 14.7. The molecule has 0 bridgehead atoms. The maximum atomic E-state index is 13.2. The van der Waals surface area contributed by atoms with Crippen LogP contribution in [0, 0.1) is 0 Å². The Kier molecular flexibility index (Phi) is 8.77. The van der Waals surface area contributed by atoms with E-state index in [2.05, 4.69) is 44.2 Å². The molecule has 8 N–H and O–H groups in total. The number of carboxylic acid groups (broad SMARTS) is 1. The summed E-state index contributed by atoms with van der Waals surface area (Å²) < 4.78 is 0. The second kappa shape index (κ2) is 13.4. The lowest BCUT2D eigenvalue weighted by Gasteiger charge is -2.15. The predicted octanol–water partition coefficient (Wildman–Crippen LogP) is 4.47. The van der Waals surface area contributed by atoms with Gasteiger partial charge in [-0.2, -0.15) is 0 Å². The van der Waals surface area contributed by atoms with Crippen LogP contribution < -0.4 is 37.7 Å². The largest absolute Gasteiger partial charge is 0.478 e. The third-order valence-corrected chi connectivity index (χ3v) is 7.70. The van der Waals surface area contributed by atoms with Gasteiger partial charge in [-0.05, 0) is 76.9 Å². The number of carboxylic acids is 1. The molecule has 2 unspecified atom stereocenters. The van der Waals surface area contributed by atoms with Crippen LogP contribution in [-0.2, 0) is 9.59 Å². The van der Waals surface area contributed by atoms with Gasteiger partial charge < -0.3 is 31.9 Å². The monoisotopic (exact) mass is 629 g/mol. The molecular formula is C35H31N7O5. The molecule has 4 aromatic carbocycles. The van der Waals surface area contributed by atoms with Crippen molar-refractivity contribution in [1.29, 1.82) is 0 Å². The number of amides is 3. The Bertz CT molecular complexity index is 1940. The van der Waals surface area contributed by atoms with E-state index in [1.54, 1.807) is 30.3 Å². The van der Waals surface area contributed by atoms with Crippen molar-refractivity contribution >= 4 is 46.4 Å². The highest BCUT2D eigenvalue weighted by Crippen LogP contribution is 2.35. The number of aromatic carboxylic acids is 1. The van der Waals surface area contributed by atoms with Gasteiger partial charge in [0.15, 0.2) is 0 Å². The van der Waals surface area contributed by atoms with Crippen molar-refractivity contribution in [2.75, 3.05) is 28.0 Å². The van der Waals surface area contributed by atoms with E-state index in [0.29, 0.717) is 22.5 Å². The molecule has 2 aliphatic heterocycles. The molecule has 47 heavy (non-hydrogen) atoms. The van der Waals surface area contributed by atoms with Gasteiger partial charge in [-0.15, -0.1) is 0 Å². The maximum Gasteiger partial charge on any atom is 0.335 e. The van der Waals surface area contributed by atoms with E-state index in [0.717, 1.165) is 34.1 Å². The molecule has 236 valence electrons. The molecule has 2 atom stereocenters. The lowest BCUT2D eigenvalue weighted by atomic mass is 9.96. The first-order chi connectivity index (χ1) is 22.8. The van der Waals surface area contributed by atoms with Gasteiger partial charge >= 0.3 is 5.97 Å². The summed E-state index contributed by atoms with van der Waals surface area (Å²) in [6.45, 7) is 3.52. The standard InChI is InChI=1S/C35H31N7O5/c1-2-30(43)37-24-16-20(32-26-8-3-5-10-28(26)39-41-32)14-22(18-24)34(45)36-13-7-12-31(44)38-25-17-21(15-23(19-25)35(46)47)33-27-9-4-6-11-29(27)40-42-33/h2-12,14-19,32-33,39-42H,1,13H2,(H,36,45)(H,37,43)(H,38,44)(H,46,47)/b12-7+. The Morgan fingerprint density at radius 1 is 0.723 bits per heavy atom. The smallest absolute Gasteiger partial charge is 0.335 e. The molecule has 0 aromatic heterocycles. The minimum atomic E-state index is -1.12. The number of carbonyl (C=O) groups excluding carboxylic acids is 3. The van der Waals surface area contributed by atoms with Crippen LogP contribution in [0.15, 0.2) is 110 Å². The number of benzene rings is 4. The fraction of sp³-hybridized carbons (Fsp3) is 0.0857. The van der Waals surface area contributed by atoms with Crippen molar-refractivity contribution < 1.29 is 24.3 Å². The summed E-state index contributed by atoms with van der Waals surface area (Å²) in [5, 5.41) is 17.9. The van der Waals surface area contributed by atoms with E-state index in [1.165, 1.54) is 18.2 Å². The first-order valence-corrected chi connectivity index (χ1v) is 14.7.